The highest BCUT2D eigenvalue weighted by molar-refractivity contribution is 7.86. The molecule has 3 rings (SSSR count). The van der Waals surface area contributed by atoms with Gasteiger partial charge in [0.05, 0.1) is 23.3 Å². The van der Waals surface area contributed by atoms with Crippen LogP contribution in [0.3, 0.4) is 0 Å². The van der Waals surface area contributed by atoms with Crippen LogP contribution in [-0.2, 0) is 25.1 Å². The molecule has 7 heteroatoms. The van der Waals surface area contributed by atoms with E-state index in [1.54, 1.807) is 24.3 Å². The maximum absolute atomic E-state index is 12.6. The van der Waals surface area contributed by atoms with Gasteiger partial charge in [-0.05, 0) is 67.6 Å². The summed E-state index contributed by atoms with van der Waals surface area (Å²) in [5, 5.41) is 0. The number of hydrogen-bond donors (Lipinski definition) is 0. The second-order valence-electron chi connectivity index (χ2n) is 8.26. The van der Waals surface area contributed by atoms with Gasteiger partial charge in [0.15, 0.2) is 8.32 Å². The van der Waals surface area contributed by atoms with Gasteiger partial charge >= 0.3 is 0 Å². The summed E-state index contributed by atoms with van der Waals surface area (Å²) in [4.78, 5) is 4.83. The third-order valence-corrected chi connectivity index (χ3v) is 12.3. The summed E-state index contributed by atoms with van der Waals surface area (Å²) in [5.74, 6) is 0.0733. The first-order valence-corrected chi connectivity index (χ1v) is 14.8. The van der Waals surface area contributed by atoms with E-state index in [-0.39, 0.29) is 23.5 Å². The Morgan fingerprint density at radius 1 is 1.07 bits per heavy atom. The molecular formula is C23H33NO4SSi. The van der Waals surface area contributed by atoms with Crippen molar-refractivity contribution in [2.24, 2.45) is 5.92 Å². The fourth-order valence-electron chi connectivity index (χ4n) is 4.21. The Bertz CT molecular complexity index is 934. The summed E-state index contributed by atoms with van der Waals surface area (Å²) in [6, 6.07) is 14.0. The lowest BCUT2D eigenvalue weighted by Crippen LogP contribution is -2.39. The minimum Gasteiger partial charge on any atom is -0.408 e. The number of fused-ring (bicyclic) bond motifs is 1. The van der Waals surface area contributed by atoms with E-state index in [0.717, 1.165) is 47.8 Å². The molecule has 2 aromatic rings. The standard InChI is InChI=1S/C23H33NO4SSi/c1-5-30(6-2,7-3)28-22-16-19(15-20-9-8-14-24-23(20)22)17-27-29(25,26)21-12-10-18(4)11-13-21/h8-14,19,22H,5-7,15-17H2,1-4H3/t19-,22+/m1/s1. The molecule has 0 spiro atoms. The van der Waals surface area contributed by atoms with Crippen LogP contribution in [0.1, 0.15) is 50.1 Å². The van der Waals surface area contributed by atoms with Crippen molar-refractivity contribution in [1.82, 2.24) is 4.98 Å². The molecule has 1 aliphatic carbocycles. The van der Waals surface area contributed by atoms with E-state index in [0.29, 0.717) is 0 Å². The van der Waals surface area contributed by atoms with Gasteiger partial charge in [-0.25, -0.2) is 0 Å². The third kappa shape index (κ3) is 5.19. The molecule has 1 heterocycles. The van der Waals surface area contributed by atoms with Crippen molar-refractivity contribution >= 4 is 18.4 Å². The number of aryl methyl sites for hydroxylation is 1. The zero-order valence-corrected chi connectivity index (χ0v) is 20.2. The quantitative estimate of drug-likeness (QED) is 0.379. The maximum atomic E-state index is 12.6. The van der Waals surface area contributed by atoms with Crippen molar-refractivity contribution < 1.29 is 17.0 Å². The molecule has 0 N–H and O–H groups in total. The van der Waals surface area contributed by atoms with Gasteiger partial charge in [-0.1, -0.05) is 44.5 Å². The molecule has 1 aliphatic rings. The van der Waals surface area contributed by atoms with Crippen LogP contribution in [0.25, 0.3) is 0 Å². The first-order valence-electron chi connectivity index (χ1n) is 10.9. The fourth-order valence-corrected chi connectivity index (χ4v) is 8.00. The molecule has 2 atom stereocenters. The summed E-state index contributed by atoms with van der Waals surface area (Å²) in [5.41, 5.74) is 3.17. The van der Waals surface area contributed by atoms with Crippen molar-refractivity contribution in [2.45, 2.75) is 69.7 Å². The highest BCUT2D eigenvalue weighted by Crippen LogP contribution is 2.39. The molecule has 30 heavy (non-hydrogen) atoms. The number of hydrogen-bond acceptors (Lipinski definition) is 5. The molecule has 0 fully saturated rings. The SMILES string of the molecule is CC[Si](CC)(CC)O[C@H]1C[C@H](COS(=O)(=O)c2ccc(C)cc2)Cc2cccnc21. The molecule has 0 saturated carbocycles. The Morgan fingerprint density at radius 2 is 1.73 bits per heavy atom. The number of benzene rings is 1. The molecule has 1 aromatic heterocycles. The average molecular weight is 448 g/mol. The molecule has 0 amide bonds. The Kier molecular flexibility index (Phi) is 7.50. The van der Waals surface area contributed by atoms with Crippen LogP contribution in [-0.4, -0.2) is 28.3 Å². The van der Waals surface area contributed by atoms with Gasteiger partial charge in [0.2, 0.25) is 0 Å². The maximum Gasteiger partial charge on any atom is 0.296 e. The number of aromatic nitrogens is 1. The fraction of sp³-hybridized carbons (Fsp3) is 0.522. The predicted octanol–water partition coefficient (Wildman–Crippen LogP) is 5.42. The second-order valence-corrected chi connectivity index (χ2v) is 14.6. The second kappa shape index (κ2) is 9.72. The van der Waals surface area contributed by atoms with Crippen LogP contribution in [0.5, 0.6) is 0 Å². The number of nitrogens with zero attached hydrogens (tertiary/aromatic N) is 1. The molecule has 0 aliphatic heterocycles. The van der Waals surface area contributed by atoms with E-state index in [1.165, 1.54) is 0 Å². The lowest BCUT2D eigenvalue weighted by molar-refractivity contribution is 0.117. The molecule has 0 radical (unpaired) electrons. The molecule has 0 unspecified atom stereocenters. The Hall–Kier alpha value is -1.54. The van der Waals surface area contributed by atoms with Crippen molar-refractivity contribution in [2.75, 3.05) is 6.61 Å². The van der Waals surface area contributed by atoms with Gasteiger partial charge in [0.1, 0.15) is 0 Å². The Labute approximate surface area is 182 Å². The lowest BCUT2D eigenvalue weighted by Gasteiger charge is -2.37. The van der Waals surface area contributed by atoms with Gasteiger partial charge in [0, 0.05) is 6.20 Å². The van der Waals surface area contributed by atoms with E-state index in [4.69, 9.17) is 8.61 Å². The van der Waals surface area contributed by atoms with Crippen LogP contribution in [0.4, 0.5) is 0 Å². The van der Waals surface area contributed by atoms with Crippen LogP contribution in [0.15, 0.2) is 47.5 Å². The van der Waals surface area contributed by atoms with Crippen LogP contribution >= 0.6 is 0 Å². The van der Waals surface area contributed by atoms with E-state index in [1.807, 2.05) is 19.2 Å². The van der Waals surface area contributed by atoms with Gasteiger partial charge in [-0.2, -0.15) is 8.42 Å². The molecule has 0 bridgehead atoms. The number of rotatable bonds is 9. The zero-order chi connectivity index (χ0) is 21.8. The number of pyridine rings is 1. The summed E-state index contributed by atoms with van der Waals surface area (Å²) in [7, 11) is -5.59. The minimum atomic E-state index is -3.77. The largest absolute Gasteiger partial charge is 0.408 e. The average Bonchev–Trinajstić information content (AvgIpc) is 2.76. The summed E-state index contributed by atoms with van der Waals surface area (Å²) in [6.45, 7) is 8.74. The predicted molar refractivity (Wildman–Crippen MR) is 121 cm³/mol. The van der Waals surface area contributed by atoms with Crippen LogP contribution < -0.4 is 0 Å². The van der Waals surface area contributed by atoms with E-state index in [2.05, 4.69) is 31.8 Å². The van der Waals surface area contributed by atoms with E-state index < -0.39 is 18.4 Å². The Morgan fingerprint density at radius 3 is 2.37 bits per heavy atom. The van der Waals surface area contributed by atoms with Crippen molar-refractivity contribution in [3.8, 4) is 0 Å². The molecule has 0 saturated heterocycles. The topological polar surface area (TPSA) is 65.5 Å². The highest BCUT2D eigenvalue weighted by Gasteiger charge is 2.37. The summed E-state index contributed by atoms with van der Waals surface area (Å²) >= 11 is 0. The summed E-state index contributed by atoms with van der Waals surface area (Å²) in [6.07, 6.45) is 3.23. The smallest absolute Gasteiger partial charge is 0.296 e. The summed E-state index contributed by atoms with van der Waals surface area (Å²) < 4.78 is 37.5. The third-order valence-electron chi connectivity index (χ3n) is 6.38. The molecule has 1 aromatic carbocycles. The lowest BCUT2D eigenvalue weighted by atomic mass is 9.85. The minimum absolute atomic E-state index is 0.0733. The van der Waals surface area contributed by atoms with Crippen LogP contribution in [0.2, 0.25) is 18.1 Å². The van der Waals surface area contributed by atoms with Crippen molar-refractivity contribution in [3.05, 3.63) is 59.4 Å². The van der Waals surface area contributed by atoms with Gasteiger partial charge in [-0.3, -0.25) is 9.17 Å². The zero-order valence-electron chi connectivity index (χ0n) is 18.4. The first kappa shape index (κ1) is 23.1. The normalized spacial score (nSPS) is 19.5. The van der Waals surface area contributed by atoms with Gasteiger partial charge in [0.25, 0.3) is 10.1 Å². The van der Waals surface area contributed by atoms with Crippen LogP contribution in [0, 0.1) is 12.8 Å². The van der Waals surface area contributed by atoms with Crippen molar-refractivity contribution in [3.63, 3.8) is 0 Å². The highest BCUT2D eigenvalue weighted by atomic mass is 32.2. The van der Waals surface area contributed by atoms with Gasteiger partial charge < -0.3 is 4.43 Å². The van der Waals surface area contributed by atoms with E-state index in [9.17, 15) is 8.42 Å². The molecular weight excluding hydrogens is 414 g/mol. The monoisotopic (exact) mass is 447 g/mol. The van der Waals surface area contributed by atoms with Gasteiger partial charge in [-0.15, -0.1) is 0 Å². The molecule has 164 valence electrons. The van der Waals surface area contributed by atoms with Crippen molar-refractivity contribution in [1.29, 1.82) is 0 Å². The molecule has 5 nitrogen and oxygen atoms in total. The Balaban J connectivity index is 1.76. The first-order chi connectivity index (χ1) is 14.3. The van der Waals surface area contributed by atoms with E-state index >= 15 is 0 Å².